The van der Waals surface area contributed by atoms with Crippen molar-refractivity contribution in [2.24, 2.45) is 0 Å². The van der Waals surface area contributed by atoms with Gasteiger partial charge in [0.05, 0.1) is 5.69 Å². The fraction of sp³-hybridized carbons (Fsp3) is 0.0455. The molecule has 0 atom stereocenters. The smallest absolute Gasteiger partial charge is 0.187 e. The lowest BCUT2D eigenvalue weighted by molar-refractivity contribution is 0.628. The summed E-state index contributed by atoms with van der Waals surface area (Å²) in [6.07, 6.45) is 0.924. The van der Waals surface area contributed by atoms with Crippen molar-refractivity contribution in [3.63, 3.8) is 0 Å². The summed E-state index contributed by atoms with van der Waals surface area (Å²) in [5.74, 6) is -0.238. The zero-order valence-corrected chi connectivity index (χ0v) is 14.8. The predicted molar refractivity (Wildman–Crippen MR) is 106 cm³/mol. The van der Waals surface area contributed by atoms with Crippen molar-refractivity contribution in [1.82, 2.24) is 4.98 Å². The molecule has 0 saturated carbocycles. The molecule has 0 bridgehead atoms. The second-order valence-corrected chi connectivity index (χ2v) is 6.89. The number of benzene rings is 3. The van der Waals surface area contributed by atoms with E-state index < -0.39 is 0 Å². The number of aromatic nitrogens is 1. The molecule has 128 valence electrons. The second kappa shape index (κ2) is 7.50. The fourth-order valence-electron chi connectivity index (χ4n) is 2.75. The van der Waals surface area contributed by atoms with E-state index in [4.69, 9.17) is 0 Å². The zero-order valence-electron chi connectivity index (χ0n) is 14.0. The molecule has 0 saturated heterocycles. The van der Waals surface area contributed by atoms with Crippen LogP contribution in [-0.4, -0.2) is 4.98 Å². The summed E-state index contributed by atoms with van der Waals surface area (Å²) in [7, 11) is 0. The molecule has 1 N–H and O–H groups in total. The first-order valence-corrected chi connectivity index (χ1v) is 9.25. The first kappa shape index (κ1) is 16.5. The minimum atomic E-state index is -0.238. The predicted octanol–water partition coefficient (Wildman–Crippen LogP) is 6.28. The number of halogens is 1. The number of hydrogen-bond acceptors (Lipinski definition) is 3. The van der Waals surface area contributed by atoms with Gasteiger partial charge in [0.15, 0.2) is 5.13 Å². The van der Waals surface area contributed by atoms with Crippen molar-refractivity contribution < 1.29 is 4.39 Å². The minimum Gasteiger partial charge on any atom is -0.332 e. The van der Waals surface area contributed by atoms with Gasteiger partial charge < -0.3 is 5.32 Å². The Morgan fingerprint density at radius 3 is 2.23 bits per heavy atom. The van der Waals surface area contributed by atoms with Gasteiger partial charge in [-0.2, -0.15) is 0 Å². The summed E-state index contributed by atoms with van der Waals surface area (Å²) in [6, 6.07) is 25.2. The molecule has 0 unspecified atom stereocenters. The molecule has 0 radical (unpaired) electrons. The highest BCUT2D eigenvalue weighted by Gasteiger charge is 2.05. The highest BCUT2D eigenvalue weighted by molar-refractivity contribution is 7.14. The van der Waals surface area contributed by atoms with Crippen molar-refractivity contribution in [2.45, 2.75) is 6.42 Å². The topological polar surface area (TPSA) is 24.9 Å². The largest absolute Gasteiger partial charge is 0.332 e. The molecule has 1 aromatic heterocycles. The van der Waals surface area contributed by atoms with Crippen LogP contribution in [0.2, 0.25) is 0 Å². The average Bonchev–Trinajstić information content (AvgIpc) is 3.13. The van der Waals surface area contributed by atoms with E-state index >= 15 is 0 Å². The highest BCUT2D eigenvalue weighted by atomic mass is 32.1. The van der Waals surface area contributed by atoms with Gasteiger partial charge in [-0.15, -0.1) is 11.3 Å². The first-order chi connectivity index (χ1) is 12.8. The van der Waals surface area contributed by atoms with Crippen molar-refractivity contribution in [2.75, 3.05) is 5.32 Å². The van der Waals surface area contributed by atoms with Crippen molar-refractivity contribution in [3.05, 3.63) is 101 Å². The summed E-state index contributed by atoms with van der Waals surface area (Å²) < 4.78 is 13.0. The molecule has 0 amide bonds. The number of nitrogens with zero attached hydrogens (tertiary/aromatic N) is 1. The fourth-order valence-corrected chi connectivity index (χ4v) is 3.49. The molecule has 4 heteroatoms. The SMILES string of the molecule is Fc1ccc(-c2csc(Nc3ccc(Cc4ccccc4)cc3)n2)cc1. The van der Waals surface area contributed by atoms with E-state index in [-0.39, 0.29) is 5.82 Å². The summed E-state index contributed by atoms with van der Waals surface area (Å²) in [4.78, 5) is 4.58. The molecular weight excluding hydrogens is 343 g/mol. The Balaban J connectivity index is 1.44. The van der Waals surface area contributed by atoms with E-state index in [0.717, 1.165) is 28.5 Å². The Bertz CT molecular complexity index is 977. The van der Waals surface area contributed by atoms with Gasteiger partial charge in [-0.1, -0.05) is 42.5 Å². The van der Waals surface area contributed by atoms with Crippen LogP contribution in [0.15, 0.2) is 84.2 Å². The van der Waals surface area contributed by atoms with Crippen LogP contribution in [0.5, 0.6) is 0 Å². The lowest BCUT2D eigenvalue weighted by Crippen LogP contribution is -1.92. The first-order valence-electron chi connectivity index (χ1n) is 8.38. The van der Waals surface area contributed by atoms with Gasteiger partial charge in [-0.3, -0.25) is 0 Å². The van der Waals surface area contributed by atoms with Crippen LogP contribution in [-0.2, 0) is 6.42 Å². The van der Waals surface area contributed by atoms with Crippen LogP contribution in [0, 0.1) is 5.82 Å². The van der Waals surface area contributed by atoms with Gasteiger partial charge in [0, 0.05) is 16.6 Å². The molecule has 26 heavy (non-hydrogen) atoms. The third kappa shape index (κ3) is 3.98. The maximum Gasteiger partial charge on any atom is 0.187 e. The standard InChI is InChI=1S/C22H17FN2S/c23-19-10-8-18(9-11-19)21-15-26-22(25-21)24-20-12-6-17(7-13-20)14-16-4-2-1-3-5-16/h1-13,15H,14H2,(H,24,25). The van der Waals surface area contributed by atoms with Crippen LogP contribution >= 0.6 is 11.3 Å². The van der Waals surface area contributed by atoms with E-state index in [1.54, 1.807) is 12.1 Å². The zero-order chi connectivity index (χ0) is 17.8. The number of anilines is 2. The Morgan fingerprint density at radius 1 is 0.808 bits per heavy atom. The van der Waals surface area contributed by atoms with Crippen LogP contribution in [0.3, 0.4) is 0 Å². The van der Waals surface area contributed by atoms with E-state index in [2.05, 4.69) is 58.8 Å². The summed E-state index contributed by atoms with van der Waals surface area (Å²) in [5, 5.41) is 6.12. The molecule has 2 nitrogen and oxygen atoms in total. The maximum atomic E-state index is 13.0. The second-order valence-electron chi connectivity index (χ2n) is 6.03. The van der Waals surface area contributed by atoms with Crippen LogP contribution in [0.25, 0.3) is 11.3 Å². The average molecular weight is 360 g/mol. The molecule has 0 fully saturated rings. The van der Waals surface area contributed by atoms with Crippen molar-refractivity contribution >= 4 is 22.2 Å². The summed E-state index contributed by atoms with van der Waals surface area (Å²) in [5.41, 5.74) is 5.33. The van der Waals surface area contributed by atoms with Crippen molar-refractivity contribution in [1.29, 1.82) is 0 Å². The van der Waals surface area contributed by atoms with Crippen LogP contribution < -0.4 is 5.32 Å². The van der Waals surface area contributed by atoms with E-state index in [1.165, 1.54) is 34.6 Å². The third-order valence-electron chi connectivity index (χ3n) is 4.10. The lowest BCUT2D eigenvalue weighted by Gasteiger charge is -2.05. The van der Waals surface area contributed by atoms with E-state index in [9.17, 15) is 4.39 Å². The van der Waals surface area contributed by atoms with Gasteiger partial charge in [0.2, 0.25) is 0 Å². The van der Waals surface area contributed by atoms with Crippen LogP contribution in [0.1, 0.15) is 11.1 Å². The monoisotopic (exact) mass is 360 g/mol. The molecule has 3 aromatic carbocycles. The molecule has 4 aromatic rings. The van der Waals surface area contributed by atoms with Gasteiger partial charge in [-0.05, 0) is 53.9 Å². The normalized spacial score (nSPS) is 10.7. The number of thiazole rings is 1. The Kier molecular flexibility index (Phi) is 4.75. The quantitative estimate of drug-likeness (QED) is 0.453. The number of hydrogen-bond donors (Lipinski definition) is 1. The Labute approximate surface area is 156 Å². The van der Waals surface area contributed by atoms with Gasteiger partial charge in [0.25, 0.3) is 0 Å². The van der Waals surface area contributed by atoms with Gasteiger partial charge in [-0.25, -0.2) is 9.37 Å². The van der Waals surface area contributed by atoms with Crippen molar-refractivity contribution in [3.8, 4) is 11.3 Å². The molecule has 1 heterocycles. The van der Waals surface area contributed by atoms with Crippen LogP contribution in [0.4, 0.5) is 15.2 Å². The van der Waals surface area contributed by atoms with E-state index in [1.807, 2.05) is 11.4 Å². The highest BCUT2D eigenvalue weighted by Crippen LogP contribution is 2.27. The lowest BCUT2D eigenvalue weighted by atomic mass is 10.1. The molecule has 0 aliphatic heterocycles. The Morgan fingerprint density at radius 2 is 1.50 bits per heavy atom. The maximum absolute atomic E-state index is 13.0. The summed E-state index contributed by atoms with van der Waals surface area (Å²) in [6.45, 7) is 0. The Hall–Kier alpha value is -2.98. The molecule has 0 aliphatic carbocycles. The molecule has 4 rings (SSSR count). The molecule has 0 spiro atoms. The number of nitrogens with one attached hydrogen (secondary N) is 1. The third-order valence-corrected chi connectivity index (χ3v) is 4.86. The molecular formula is C22H17FN2S. The molecule has 0 aliphatic rings. The summed E-state index contributed by atoms with van der Waals surface area (Å²) >= 11 is 1.53. The van der Waals surface area contributed by atoms with Gasteiger partial charge >= 0.3 is 0 Å². The van der Waals surface area contributed by atoms with Gasteiger partial charge in [0.1, 0.15) is 5.82 Å². The van der Waals surface area contributed by atoms with E-state index in [0.29, 0.717) is 0 Å². The number of rotatable bonds is 5. The minimum absolute atomic E-state index is 0.238.